The molecule has 118 valence electrons. The van der Waals surface area contributed by atoms with Gasteiger partial charge in [-0.15, -0.1) is 0 Å². The van der Waals surface area contributed by atoms with Gasteiger partial charge in [-0.2, -0.15) is 0 Å². The highest BCUT2D eigenvalue weighted by Gasteiger charge is 2.24. The maximum absolute atomic E-state index is 10.3. The molecule has 0 atom stereocenters. The number of ether oxygens (including phenoxy) is 2. The molecule has 1 saturated carbocycles. The van der Waals surface area contributed by atoms with Crippen molar-refractivity contribution in [1.29, 1.82) is 0 Å². The zero-order chi connectivity index (χ0) is 15.3. The summed E-state index contributed by atoms with van der Waals surface area (Å²) in [5, 5.41) is 13.8. The second-order valence-corrected chi connectivity index (χ2v) is 5.85. The van der Waals surface area contributed by atoms with Gasteiger partial charge in [-0.05, 0) is 43.9 Å². The molecule has 0 bridgehead atoms. The molecule has 0 radical (unpaired) electrons. The SMILES string of the molecule is CCC(O)(CC)COc1ccc(OC)cc1CNC1CC1. The van der Waals surface area contributed by atoms with Gasteiger partial charge in [0.2, 0.25) is 0 Å². The first kappa shape index (κ1) is 16.1. The zero-order valence-corrected chi connectivity index (χ0v) is 13.3. The Kier molecular flexibility index (Phi) is 5.48. The number of methoxy groups -OCH3 is 1. The van der Waals surface area contributed by atoms with Crippen molar-refractivity contribution in [2.75, 3.05) is 13.7 Å². The molecular formula is C17H27NO3. The summed E-state index contributed by atoms with van der Waals surface area (Å²) >= 11 is 0. The minimum Gasteiger partial charge on any atom is -0.497 e. The third-order valence-electron chi connectivity index (χ3n) is 4.24. The second-order valence-electron chi connectivity index (χ2n) is 5.85. The average Bonchev–Trinajstić information content (AvgIpc) is 3.35. The van der Waals surface area contributed by atoms with Crippen molar-refractivity contribution in [3.8, 4) is 11.5 Å². The Hall–Kier alpha value is -1.26. The summed E-state index contributed by atoms with van der Waals surface area (Å²) in [6.45, 7) is 5.06. The van der Waals surface area contributed by atoms with Crippen molar-refractivity contribution in [2.45, 2.75) is 57.7 Å². The van der Waals surface area contributed by atoms with E-state index in [0.29, 0.717) is 25.5 Å². The molecule has 0 amide bonds. The molecule has 0 aromatic heterocycles. The standard InChI is InChI=1S/C17H27NO3/c1-4-17(19,5-2)12-21-16-9-8-15(20-3)10-13(16)11-18-14-6-7-14/h8-10,14,18-19H,4-7,11-12H2,1-3H3. The Morgan fingerprint density at radius 1 is 1.29 bits per heavy atom. The van der Waals surface area contributed by atoms with E-state index in [1.54, 1.807) is 7.11 Å². The van der Waals surface area contributed by atoms with E-state index in [-0.39, 0.29) is 0 Å². The molecule has 1 aliphatic rings. The zero-order valence-electron chi connectivity index (χ0n) is 13.3. The number of rotatable bonds is 9. The van der Waals surface area contributed by atoms with Crippen LogP contribution in [0.25, 0.3) is 0 Å². The summed E-state index contributed by atoms with van der Waals surface area (Å²) in [7, 11) is 1.67. The van der Waals surface area contributed by atoms with Gasteiger partial charge in [-0.1, -0.05) is 13.8 Å². The molecule has 1 fully saturated rings. The van der Waals surface area contributed by atoms with E-state index in [0.717, 1.165) is 23.6 Å². The molecule has 4 nitrogen and oxygen atoms in total. The maximum Gasteiger partial charge on any atom is 0.124 e. The largest absolute Gasteiger partial charge is 0.497 e. The highest BCUT2D eigenvalue weighted by molar-refractivity contribution is 5.40. The van der Waals surface area contributed by atoms with Crippen LogP contribution >= 0.6 is 0 Å². The van der Waals surface area contributed by atoms with Crippen molar-refractivity contribution in [2.24, 2.45) is 0 Å². The van der Waals surface area contributed by atoms with Crippen LogP contribution in [0.5, 0.6) is 11.5 Å². The molecule has 1 aromatic carbocycles. The van der Waals surface area contributed by atoms with Crippen LogP contribution in [0.2, 0.25) is 0 Å². The second kappa shape index (κ2) is 7.14. The van der Waals surface area contributed by atoms with Crippen LogP contribution < -0.4 is 14.8 Å². The van der Waals surface area contributed by atoms with Crippen LogP contribution in [-0.4, -0.2) is 30.5 Å². The van der Waals surface area contributed by atoms with E-state index in [9.17, 15) is 5.11 Å². The highest BCUT2D eigenvalue weighted by Crippen LogP contribution is 2.27. The Balaban J connectivity index is 2.05. The fourth-order valence-corrected chi connectivity index (χ4v) is 2.17. The third-order valence-corrected chi connectivity index (χ3v) is 4.24. The minimum absolute atomic E-state index is 0.322. The smallest absolute Gasteiger partial charge is 0.124 e. The summed E-state index contributed by atoms with van der Waals surface area (Å²) in [6.07, 6.45) is 3.89. The lowest BCUT2D eigenvalue weighted by Gasteiger charge is -2.26. The predicted molar refractivity (Wildman–Crippen MR) is 83.9 cm³/mol. The molecular weight excluding hydrogens is 266 g/mol. The van der Waals surface area contributed by atoms with Crippen molar-refractivity contribution in [3.63, 3.8) is 0 Å². The van der Waals surface area contributed by atoms with Crippen LogP contribution in [0.4, 0.5) is 0 Å². The Morgan fingerprint density at radius 3 is 2.57 bits per heavy atom. The summed E-state index contributed by atoms with van der Waals surface area (Å²) < 4.78 is 11.2. The van der Waals surface area contributed by atoms with Gasteiger partial charge in [0.15, 0.2) is 0 Å². The Bertz CT molecular complexity index is 453. The van der Waals surface area contributed by atoms with E-state index >= 15 is 0 Å². The maximum atomic E-state index is 10.3. The van der Waals surface area contributed by atoms with Gasteiger partial charge in [0, 0.05) is 18.2 Å². The summed E-state index contributed by atoms with van der Waals surface area (Å²) in [6, 6.07) is 6.47. The fourth-order valence-electron chi connectivity index (χ4n) is 2.17. The number of nitrogens with one attached hydrogen (secondary N) is 1. The van der Waals surface area contributed by atoms with Gasteiger partial charge >= 0.3 is 0 Å². The summed E-state index contributed by atoms with van der Waals surface area (Å²) in [5.41, 5.74) is 0.331. The number of benzene rings is 1. The van der Waals surface area contributed by atoms with Crippen LogP contribution in [-0.2, 0) is 6.54 Å². The van der Waals surface area contributed by atoms with Crippen molar-refractivity contribution in [1.82, 2.24) is 5.32 Å². The van der Waals surface area contributed by atoms with Crippen LogP contribution in [0.1, 0.15) is 45.1 Å². The minimum atomic E-state index is -0.749. The fraction of sp³-hybridized carbons (Fsp3) is 0.647. The van der Waals surface area contributed by atoms with Gasteiger partial charge in [0.05, 0.1) is 12.7 Å². The third kappa shape index (κ3) is 4.61. The molecule has 1 aliphatic carbocycles. The van der Waals surface area contributed by atoms with Gasteiger partial charge < -0.3 is 19.9 Å². The molecule has 21 heavy (non-hydrogen) atoms. The van der Waals surface area contributed by atoms with E-state index < -0.39 is 5.60 Å². The van der Waals surface area contributed by atoms with Gasteiger partial charge in [-0.3, -0.25) is 0 Å². The lowest BCUT2D eigenvalue weighted by molar-refractivity contribution is -0.0116. The highest BCUT2D eigenvalue weighted by atomic mass is 16.5. The van der Waals surface area contributed by atoms with Crippen LogP contribution in [0.3, 0.4) is 0 Å². The van der Waals surface area contributed by atoms with Gasteiger partial charge in [0.1, 0.15) is 18.1 Å². The Labute approximate surface area is 127 Å². The van der Waals surface area contributed by atoms with E-state index in [1.165, 1.54) is 12.8 Å². The summed E-state index contributed by atoms with van der Waals surface area (Å²) in [5.74, 6) is 1.65. The predicted octanol–water partition coefficient (Wildman–Crippen LogP) is 2.88. The number of aliphatic hydroxyl groups is 1. The molecule has 4 heteroatoms. The van der Waals surface area contributed by atoms with E-state index in [2.05, 4.69) is 5.32 Å². The molecule has 0 heterocycles. The summed E-state index contributed by atoms with van der Waals surface area (Å²) in [4.78, 5) is 0. The molecule has 2 rings (SSSR count). The number of hydrogen-bond acceptors (Lipinski definition) is 4. The van der Waals surface area contributed by atoms with E-state index in [1.807, 2.05) is 32.0 Å². The average molecular weight is 293 g/mol. The molecule has 0 aliphatic heterocycles. The van der Waals surface area contributed by atoms with Gasteiger partial charge in [-0.25, -0.2) is 0 Å². The Morgan fingerprint density at radius 2 is 2.00 bits per heavy atom. The van der Waals surface area contributed by atoms with Crippen molar-refractivity contribution in [3.05, 3.63) is 23.8 Å². The molecule has 1 aromatic rings. The molecule has 0 saturated heterocycles. The normalized spacial score (nSPS) is 15.0. The first-order valence-corrected chi connectivity index (χ1v) is 7.85. The molecule has 0 unspecified atom stereocenters. The first-order valence-electron chi connectivity index (χ1n) is 7.85. The molecule has 2 N–H and O–H groups in total. The topological polar surface area (TPSA) is 50.7 Å². The van der Waals surface area contributed by atoms with Crippen molar-refractivity contribution < 1.29 is 14.6 Å². The van der Waals surface area contributed by atoms with Crippen LogP contribution in [0, 0.1) is 0 Å². The van der Waals surface area contributed by atoms with Crippen LogP contribution in [0.15, 0.2) is 18.2 Å². The first-order chi connectivity index (χ1) is 10.1. The monoisotopic (exact) mass is 293 g/mol. The van der Waals surface area contributed by atoms with Gasteiger partial charge in [0.25, 0.3) is 0 Å². The van der Waals surface area contributed by atoms with Crippen molar-refractivity contribution >= 4 is 0 Å². The van der Waals surface area contributed by atoms with E-state index in [4.69, 9.17) is 9.47 Å². The number of hydrogen-bond donors (Lipinski definition) is 2. The lowest BCUT2D eigenvalue weighted by Crippen LogP contribution is -2.34. The molecule has 0 spiro atoms. The quantitative estimate of drug-likeness (QED) is 0.735. The lowest BCUT2D eigenvalue weighted by atomic mass is 9.99.